The molecule has 0 unspecified atom stereocenters. The fraction of sp³-hybridized carbons (Fsp3) is 0.429. The van der Waals surface area contributed by atoms with E-state index >= 15 is 0 Å². The number of aromatic nitrogens is 2. The molecule has 10 nitrogen and oxygen atoms in total. The summed E-state index contributed by atoms with van der Waals surface area (Å²) < 4.78 is 11.2. The van der Waals surface area contributed by atoms with E-state index in [0.29, 0.717) is 23.2 Å². The van der Waals surface area contributed by atoms with Crippen LogP contribution in [0.4, 0.5) is 22.1 Å². The van der Waals surface area contributed by atoms with E-state index in [1.165, 1.54) is 0 Å². The van der Waals surface area contributed by atoms with Crippen LogP contribution < -0.4 is 20.7 Å². The van der Waals surface area contributed by atoms with Gasteiger partial charge >= 0.3 is 6.03 Å². The molecule has 1 aromatic carbocycles. The van der Waals surface area contributed by atoms with Gasteiger partial charge in [0.2, 0.25) is 5.88 Å². The van der Waals surface area contributed by atoms with Gasteiger partial charge in [0.15, 0.2) is 0 Å². The normalized spacial score (nSPS) is 14.8. The highest BCUT2D eigenvalue weighted by Crippen LogP contribution is 2.24. The van der Waals surface area contributed by atoms with Gasteiger partial charge in [0.25, 0.3) is 5.91 Å². The Balaban J connectivity index is 1.24. The highest BCUT2D eigenvalue weighted by Gasteiger charge is 2.22. The SMILES string of the molecule is CC(C)N1CCC(Oc2ccc(C(=O)Nc3ccc(NC(=O)Nc4cc(C(C)(C)C)no4)cc3)nc2)CC1. The summed E-state index contributed by atoms with van der Waals surface area (Å²) in [5.41, 5.74) is 1.97. The van der Waals surface area contributed by atoms with Crippen molar-refractivity contribution in [2.75, 3.05) is 29.0 Å². The molecule has 0 atom stereocenters. The van der Waals surface area contributed by atoms with E-state index in [9.17, 15) is 9.59 Å². The van der Waals surface area contributed by atoms with Gasteiger partial charge in [-0.15, -0.1) is 0 Å². The summed E-state index contributed by atoms with van der Waals surface area (Å²) in [4.78, 5) is 31.6. The van der Waals surface area contributed by atoms with Crippen LogP contribution in [-0.4, -0.2) is 52.2 Å². The molecule has 3 amide bonds. The van der Waals surface area contributed by atoms with Gasteiger partial charge in [0.1, 0.15) is 17.5 Å². The molecule has 0 saturated carbocycles. The van der Waals surface area contributed by atoms with Crippen LogP contribution in [0.2, 0.25) is 0 Å². The van der Waals surface area contributed by atoms with Crippen LogP contribution in [0, 0.1) is 0 Å². The summed E-state index contributed by atoms with van der Waals surface area (Å²) in [5.74, 6) is 0.593. The van der Waals surface area contributed by atoms with Crippen molar-refractivity contribution in [1.29, 1.82) is 0 Å². The third kappa shape index (κ3) is 7.32. The molecule has 4 rings (SSSR count). The average molecular weight is 521 g/mol. The number of likely N-dealkylation sites (tertiary alicyclic amines) is 1. The van der Waals surface area contributed by atoms with Gasteiger partial charge in [-0.05, 0) is 63.1 Å². The van der Waals surface area contributed by atoms with Crippen molar-refractivity contribution in [1.82, 2.24) is 15.0 Å². The summed E-state index contributed by atoms with van der Waals surface area (Å²) in [5, 5.41) is 12.1. The fourth-order valence-corrected chi connectivity index (χ4v) is 4.08. The van der Waals surface area contributed by atoms with Gasteiger partial charge in [0.05, 0.1) is 11.9 Å². The van der Waals surface area contributed by atoms with Crippen molar-refractivity contribution >= 4 is 29.2 Å². The van der Waals surface area contributed by atoms with Crippen molar-refractivity contribution in [3.05, 3.63) is 60.0 Å². The number of anilines is 3. The van der Waals surface area contributed by atoms with Crippen molar-refractivity contribution in [2.45, 2.75) is 65.0 Å². The number of hydrogen-bond acceptors (Lipinski definition) is 7. The Kier molecular flexibility index (Phi) is 8.31. The van der Waals surface area contributed by atoms with Crippen LogP contribution >= 0.6 is 0 Å². The molecule has 3 heterocycles. The van der Waals surface area contributed by atoms with Crippen LogP contribution in [0.3, 0.4) is 0 Å². The molecule has 202 valence electrons. The number of hydrogen-bond donors (Lipinski definition) is 3. The first-order valence-corrected chi connectivity index (χ1v) is 12.9. The molecular weight excluding hydrogens is 484 g/mol. The zero-order chi connectivity index (χ0) is 27.3. The van der Waals surface area contributed by atoms with Gasteiger partial charge in [-0.1, -0.05) is 25.9 Å². The maximum absolute atomic E-state index is 12.6. The monoisotopic (exact) mass is 520 g/mol. The van der Waals surface area contributed by atoms with E-state index < -0.39 is 6.03 Å². The number of rotatable bonds is 7. The predicted octanol–water partition coefficient (Wildman–Crippen LogP) is 5.52. The first-order chi connectivity index (χ1) is 18.1. The Labute approximate surface area is 223 Å². The lowest BCUT2D eigenvalue weighted by Crippen LogP contribution is -2.41. The van der Waals surface area contributed by atoms with Crippen LogP contribution in [0.15, 0.2) is 53.2 Å². The van der Waals surface area contributed by atoms with Crippen molar-refractivity contribution in [3.63, 3.8) is 0 Å². The van der Waals surface area contributed by atoms with Crippen LogP contribution in [0.1, 0.15) is 63.6 Å². The van der Waals surface area contributed by atoms with Crippen LogP contribution in [0.5, 0.6) is 5.75 Å². The fourth-order valence-electron chi connectivity index (χ4n) is 4.08. The Hall–Kier alpha value is -3.92. The second-order valence-electron chi connectivity index (χ2n) is 10.8. The molecule has 0 radical (unpaired) electrons. The van der Waals surface area contributed by atoms with E-state index in [0.717, 1.165) is 31.6 Å². The number of amides is 3. The van der Waals surface area contributed by atoms with E-state index in [1.807, 2.05) is 20.8 Å². The molecule has 1 saturated heterocycles. The van der Waals surface area contributed by atoms with E-state index in [-0.39, 0.29) is 29.0 Å². The number of carbonyl (C=O) groups is 2. The molecule has 1 fully saturated rings. The largest absolute Gasteiger partial charge is 0.489 e. The van der Waals surface area contributed by atoms with Gasteiger partial charge in [-0.3, -0.25) is 10.1 Å². The van der Waals surface area contributed by atoms with Crippen LogP contribution in [0.25, 0.3) is 0 Å². The second kappa shape index (κ2) is 11.6. The number of pyridine rings is 1. The Morgan fingerprint density at radius 2 is 1.66 bits per heavy atom. The Morgan fingerprint density at radius 1 is 1.00 bits per heavy atom. The Morgan fingerprint density at radius 3 is 2.21 bits per heavy atom. The summed E-state index contributed by atoms with van der Waals surface area (Å²) in [6.45, 7) is 12.5. The van der Waals surface area contributed by atoms with Gasteiger partial charge in [0, 0.05) is 42.0 Å². The lowest BCUT2D eigenvalue weighted by atomic mass is 9.92. The topological polar surface area (TPSA) is 122 Å². The van der Waals surface area contributed by atoms with Gasteiger partial charge in [-0.25, -0.2) is 9.78 Å². The number of nitrogens with zero attached hydrogens (tertiary/aromatic N) is 3. The lowest BCUT2D eigenvalue weighted by molar-refractivity contribution is 0.0840. The second-order valence-corrected chi connectivity index (χ2v) is 10.8. The standard InChI is InChI=1S/C28H36N6O4/c1-18(2)34-14-12-21(13-15-34)37-22-10-11-23(29-17-22)26(35)30-19-6-8-20(9-7-19)31-27(36)32-25-16-24(33-38-25)28(3,4)5/h6-11,16-18,21H,12-15H2,1-5H3,(H,30,35)(H2,31,32,36). The van der Waals surface area contributed by atoms with Gasteiger partial charge < -0.3 is 24.8 Å². The molecule has 1 aliphatic rings. The summed E-state index contributed by atoms with van der Waals surface area (Å²) in [6, 6.07) is 12.0. The molecule has 10 heteroatoms. The first-order valence-electron chi connectivity index (χ1n) is 12.9. The van der Waals surface area contributed by atoms with Gasteiger partial charge in [-0.2, -0.15) is 0 Å². The number of carbonyl (C=O) groups excluding carboxylic acids is 2. The molecular formula is C28H36N6O4. The minimum atomic E-state index is -0.463. The molecule has 3 N–H and O–H groups in total. The molecule has 1 aliphatic heterocycles. The lowest BCUT2D eigenvalue weighted by Gasteiger charge is -2.34. The number of ether oxygens (including phenoxy) is 1. The molecule has 2 aromatic heterocycles. The zero-order valence-corrected chi connectivity index (χ0v) is 22.6. The highest BCUT2D eigenvalue weighted by molar-refractivity contribution is 6.03. The third-order valence-electron chi connectivity index (χ3n) is 6.39. The average Bonchev–Trinajstić information content (AvgIpc) is 3.35. The number of benzene rings is 1. The van der Waals surface area contributed by atoms with Crippen molar-refractivity contribution in [2.24, 2.45) is 0 Å². The molecule has 0 spiro atoms. The summed E-state index contributed by atoms with van der Waals surface area (Å²) >= 11 is 0. The minimum Gasteiger partial charge on any atom is -0.489 e. The summed E-state index contributed by atoms with van der Waals surface area (Å²) in [6.07, 6.45) is 3.71. The molecule has 3 aromatic rings. The number of piperidine rings is 1. The number of urea groups is 1. The Bertz CT molecular complexity index is 1220. The zero-order valence-electron chi connectivity index (χ0n) is 22.6. The van der Waals surface area contributed by atoms with E-state index in [4.69, 9.17) is 9.26 Å². The summed E-state index contributed by atoms with van der Waals surface area (Å²) in [7, 11) is 0. The molecule has 0 bridgehead atoms. The van der Waals surface area contributed by atoms with E-state index in [1.54, 1.807) is 48.7 Å². The van der Waals surface area contributed by atoms with Crippen molar-refractivity contribution < 1.29 is 18.8 Å². The van der Waals surface area contributed by atoms with Crippen LogP contribution in [-0.2, 0) is 5.41 Å². The maximum Gasteiger partial charge on any atom is 0.326 e. The first kappa shape index (κ1) is 27.1. The smallest absolute Gasteiger partial charge is 0.326 e. The minimum absolute atomic E-state index is 0.164. The number of nitrogens with one attached hydrogen (secondary N) is 3. The maximum atomic E-state index is 12.6. The predicted molar refractivity (Wildman–Crippen MR) is 147 cm³/mol. The molecule has 38 heavy (non-hydrogen) atoms. The third-order valence-corrected chi connectivity index (χ3v) is 6.39. The quantitative estimate of drug-likeness (QED) is 0.375. The van der Waals surface area contributed by atoms with E-state index in [2.05, 4.69) is 44.8 Å². The highest BCUT2D eigenvalue weighted by atomic mass is 16.5. The van der Waals surface area contributed by atoms with Crippen molar-refractivity contribution in [3.8, 4) is 5.75 Å². The molecule has 0 aliphatic carbocycles.